The highest BCUT2D eigenvalue weighted by Gasteiger charge is 2.37. The molecule has 2 atom stereocenters. The van der Waals surface area contributed by atoms with Crippen molar-refractivity contribution in [1.82, 2.24) is 5.32 Å². The molecule has 0 saturated heterocycles. The summed E-state index contributed by atoms with van der Waals surface area (Å²) >= 11 is 0. The Labute approximate surface area is 105 Å². The van der Waals surface area contributed by atoms with E-state index in [0.29, 0.717) is 12.8 Å². The van der Waals surface area contributed by atoms with Crippen LogP contribution in [0.15, 0.2) is 30.3 Å². The molecule has 5 nitrogen and oxygen atoms in total. The van der Waals surface area contributed by atoms with Crippen LogP contribution >= 0.6 is 0 Å². The van der Waals surface area contributed by atoms with Gasteiger partial charge in [0.15, 0.2) is 0 Å². The summed E-state index contributed by atoms with van der Waals surface area (Å²) in [5.74, 6) is -1.34. The Morgan fingerprint density at radius 3 is 2.56 bits per heavy atom. The van der Waals surface area contributed by atoms with E-state index in [1.807, 2.05) is 30.3 Å². The molecule has 0 aliphatic heterocycles. The number of rotatable bonds is 4. The number of carbonyl (C=O) groups excluding carboxylic acids is 1. The van der Waals surface area contributed by atoms with Crippen molar-refractivity contribution in [3.8, 4) is 0 Å². The Hall–Kier alpha value is -2.04. The number of carboxylic acid groups (broad SMARTS) is 1. The molecular formula is C13H15NO4. The van der Waals surface area contributed by atoms with Gasteiger partial charge in [0, 0.05) is 6.04 Å². The molecule has 5 heteroatoms. The van der Waals surface area contributed by atoms with Crippen LogP contribution in [0.3, 0.4) is 0 Å². The van der Waals surface area contributed by atoms with Crippen molar-refractivity contribution in [3.05, 3.63) is 35.9 Å². The number of aliphatic carboxylic acids is 1. The lowest BCUT2D eigenvalue weighted by Crippen LogP contribution is -2.50. The van der Waals surface area contributed by atoms with Crippen LogP contribution in [0.4, 0.5) is 4.79 Å². The fourth-order valence-corrected chi connectivity index (χ4v) is 1.88. The van der Waals surface area contributed by atoms with E-state index in [4.69, 9.17) is 9.84 Å². The Bertz CT molecular complexity index is 432. The molecule has 1 amide bonds. The average Bonchev–Trinajstić information content (AvgIpc) is 2.32. The maximum absolute atomic E-state index is 11.5. The molecule has 0 aromatic heterocycles. The smallest absolute Gasteiger partial charge is 0.407 e. The molecule has 1 aliphatic carbocycles. The van der Waals surface area contributed by atoms with Crippen LogP contribution in [-0.2, 0) is 16.1 Å². The second-order valence-corrected chi connectivity index (χ2v) is 4.33. The van der Waals surface area contributed by atoms with Crippen molar-refractivity contribution in [2.75, 3.05) is 0 Å². The molecule has 1 aromatic rings. The molecule has 0 heterocycles. The Kier molecular flexibility index (Phi) is 3.82. The second-order valence-electron chi connectivity index (χ2n) is 4.33. The van der Waals surface area contributed by atoms with Crippen LogP contribution in [0.5, 0.6) is 0 Å². The fourth-order valence-electron chi connectivity index (χ4n) is 1.88. The van der Waals surface area contributed by atoms with Crippen molar-refractivity contribution >= 4 is 12.1 Å². The zero-order chi connectivity index (χ0) is 13.0. The molecule has 0 spiro atoms. The van der Waals surface area contributed by atoms with Gasteiger partial charge in [0.1, 0.15) is 6.61 Å². The molecule has 18 heavy (non-hydrogen) atoms. The van der Waals surface area contributed by atoms with Gasteiger partial charge in [-0.2, -0.15) is 0 Å². The first kappa shape index (κ1) is 12.4. The molecule has 96 valence electrons. The number of carboxylic acids is 1. The summed E-state index contributed by atoms with van der Waals surface area (Å²) in [7, 11) is 0. The highest BCUT2D eigenvalue weighted by Crippen LogP contribution is 2.27. The second kappa shape index (κ2) is 5.53. The summed E-state index contributed by atoms with van der Waals surface area (Å²) in [5, 5.41) is 11.4. The minimum atomic E-state index is -0.866. The molecule has 0 radical (unpaired) electrons. The van der Waals surface area contributed by atoms with Crippen molar-refractivity contribution in [2.45, 2.75) is 25.5 Å². The summed E-state index contributed by atoms with van der Waals surface area (Å²) < 4.78 is 5.02. The van der Waals surface area contributed by atoms with Crippen LogP contribution in [0, 0.1) is 5.92 Å². The first-order chi connectivity index (χ1) is 8.66. The van der Waals surface area contributed by atoms with Crippen LogP contribution in [0.25, 0.3) is 0 Å². The zero-order valence-corrected chi connectivity index (χ0v) is 9.83. The Balaban J connectivity index is 1.74. The van der Waals surface area contributed by atoms with Gasteiger partial charge in [-0.3, -0.25) is 4.79 Å². The number of carbonyl (C=O) groups is 2. The molecule has 2 rings (SSSR count). The van der Waals surface area contributed by atoms with E-state index in [9.17, 15) is 9.59 Å². The lowest BCUT2D eigenvalue weighted by atomic mass is 9.80. The van der Waals surface area contributed by atoms with Gasteiger partial charge >= 0.3 is 12.1 Å². The van der Waals surface area contributed by atoms with Gasteiger partial charge in [-0.15, -0.1) is 0 Å². The van der Waals surface area contributed by atoms with E-state index in [1.54, 1.807) is 0 Å². The van der Waals surface area contributed by atoms with E-state index >= 15 is 0 Å². The highest BCUT2D eigenvalue weighted by molar-refractivity contribution is 5.74. The van der Waals surface area contributed by atoms with Gasteiger partial charge in [0.05, 0.1) is 5.92 Å². The van der Waals surface area contributed by atoms with Crippen molar-refractivity contribution in [3.63, 3.8) is 0 Å². The van der Waals surface area contributed by atoms with Crippen LogP contribution in [0.1, 0.15) is 18.4 Å². The Morgan fingerprint density at radius 2 is 2.00 bits per heavy atom. The van der Waals surface area contributed by atoms with E-state index in [0.717, 1.165) is 5.56 Å². The summed E-state index contributed by atoms with van der Waals surface area (Å²) in [6, 6.07) is 9.03. The number of amides is 1. The third kappa shape index (κ3) is 3.00. The van der Waals surface area contributed by atoms with Crippen LogP contribution in [-0.4, -0.2) is 23.2 Å². The molecule has 1 saturated carbocycles. The van der Waals surface area contributed by atoms with Crippen LogP contribution in [0.2, 0.25) is 0 Å². The number of alkyl carbamates (subject to hydrolysis) is 1. The molecule has 1 aliphatic rings. The minimum absolute atomic E-state index is 0.192. The summed E-state index contributed by atoms with van der Waals surface area (Å²) in [4.78, 5) is 22.2. The monoisotopic (exact) mass is 249 g/mol. The van der Waals surface area contributed by atoms with Gasteiger partial charge in [-0.05, 0) is 18.4 Å². The lowest BCUT2D eigenvalue weighted by molar-refractivity contribution is -0.145. The Morgan fingerprint density at radius 1 is 1.28 bits per heavy atom. The van der Waals surface area contributed by atoms with E-state index < -0.39 is 18.0 Å². The standard InChI is InChI=1S/C13H15NO4/c15-12(16)10-6-7-11(10)14-13(17)18-8-9-4-2-1-3-5-9/h1-5,10-11H,6-8H2,(H,14,17)(H,15,16)/t10-,11?/m0/s1. The third-order valence-corrected chi connectivity index (χ3v) is 3.11. The summed E-state index contributed by atoms with van der Waals surface area (Å²) in [6.07, 6.45) is 0.742. The van der Waals surface area contributed by atoms with Gasteiger partial charge in [0.25, 0.3) is 0 Å². The first-order valence-electron chi connectivity index (χ1n) is 5.87. The zero-order valence-electron chi connectivity index (χ0n) is 9.83. The molecule has 1 aromatic carbocycles. The third-order valence-electron chi connectivity index (χ3n) is 3.11. The maximum Gasteiger partial charge on any atom is 0.407 e. The number of hydrogen-bond donors (Lipinski definition) is 2. The molecule has 2 N–H and O–H groups in total. The number of hydrogen-bond acceptors (Lipinski definition) is 3. The molecule has 1 fully saturated rings. The topological polar surface area (TPSA) is 75.6 Å². The van der Waals surface area contributed by atoms with E-state index in [1.165, 1.54) is 0 Å². The number of nitrogens with one attached hydrogen (secondary N) is 1. The van der Waals surface area contributed by atoms with Crippen molar-refractivity contribution < 1.29 is 19.4 Å². The highest BCUT2D eigenvalue weighted by atomic mass is 16.5. The van der Waals surface area contributed by atoms with E-state index in [-0.39, 0.29) is 12.6 Å². The van der Waals surface area contributed by atoms with Crippen molar-refractivity contribution in [2.24, 2.45) is 5.92 Å². The predicted molar refractivity (Wildman–Crippen MR) is 63.9 cm³/mol. The van der Waals surface area contributed by atoms with Gasteiger partial charge < -0.3 is 15.2 Å². The summed E-state index contributed by atoms with van der Waals surface area (Å²) in [5.41, 5.74) is 0.899. The molecular weight excluding hydrogens is 234 g/mol. The molecule has 1 unspecified atom stereocenters. The fraction of sp³-hybridized carbons (Fsp3) is 0.385. The maximum atomic E-state index is 11.5. The van der Waals surface area contributed by atoms with Gasteiger partial charge in [-0.1, -0.05) is 30.3 Å². The molecule has 0 bridgehead atoms. The lowest BCUT2D eigenvalue weighted by Gasteiger charge is -2.33. The average molecular weight is 249 g/mol. The minimum Gasteiger partial charge on any atom is -0.481 e. The van der Waals surface area contributed by atoms with Crippen LogP contribution < -0.4 is 5.32 Å². The summed E-state index contributed by atoms with van der Waals surface area (Å²) in [6.45, 7) is 0.192. The SMILES string of the molecule is O=C(NC1CC[C@@H]1C(=O)O)OCc1ccccc1. The first-order valence-corrected chi connectivity index (χ1v) is 5.87. The van der Waals surface area contributed by atoms with Gasteiger partial charge in [0.2, 0.25) is 0 Å². The number of benzene rings is 1. The normalized spacial score (nSPS) is 21.8. The number of ether oxygens (including phenoxy) is 1. The quantitative estimate of drug-likeness (QED) is 0.852. The largest absolute Gasteiger partial charge is 0.481 e. The van der Waals surface area contributed by atoms with E-state index in [2.05, 4.69) is 5.32 Å². The van der Waals surface area contributed by atoms with Gasteiger partial charge in [-0.25, -0.2) is 4.79 Å². The van der Waals surface area contributed by atoms with Crippen molar-refractivity contribution in [1.29, 1.82) is 0 Å². The predicted octanol–water partition coefficient (Wildman–Crippen LogP) is 1.78.